The standard InChI is InChI=1S/C23H30N2O3S/c1-19(14-15-20-10-5-4-6-11-20)24-23(26)21-12-9-13-22(18-21)29(27,28)25-16-7-2-3-8-17-25/h4-6,9-13,18-19H,2-3,7-8,14-17H2,1H3,(H,24,26). The molecule has 1 amide bonds. The van der Waals surface area contributed by atoms with E-state index in [1.54, 1.807) is 22.5 Å². The number of nitrogens with one attached hydrogen (secondary N) is 1. The third kappa shape index (κ3) is 5.90. The van der Waals surface area contributed by atoms with Crippen molar-refractivity contribution in [3.05, 3.63) is 65.7 Å². The van der Waals surface area contributed by atoms with Crippen LogP contribution < -0.4 is 5.32 Å². The Morgan fingerprint density at radius 3 is 2.38 bits per heavy atom. The van der Waals surface area contributed by atoms with Crippen molar-refractivity contribution in [2.45, 2.75) is 56.4 Å². The summed E-state index contributed by atoms with van der Waals surface area (Å²) in [5.41, 5.74) is 1.62. The molecule has 0 aromatic heterocycles. The van der Waals surface area contributed by atoms with E-state index in [1.165, 1.54) is 11.6 Å². The van der Waals surface area contributed by atoms with Gasteiger partial charge in [0.2, 0.25) is 10.0 Å². The molecule has 0 aliphatic carbocycles. The van der Waals surface area contributed by atoms with Crippen LogP contribution in [-0.4, -0.2) is 37.8 Å². The molecule has 3 rings (SSSR count). The van der Waals surface area contributed by atoms with Crippen molar-refractivity contribution in [1.82, 2.24) is 9.62 Å². The van der Waals surface area contributed by atoms with Crippen molar-refractivity contribution in [1.29, 1.82) is 0 Å². The van der Waals surface area contributed by atoms with Crippen LogP contribution in [-0.2, 0) is 16.4 Å². The minimum Gasteiger partial charge on any atom is -0.350 e. The van der Waals surface area contributed by atoms with Gasteiger partial charge in [0.15, 0.2) is 0 Å². The maximum absolute atomic E-state index is 13.0. The number of carbonyl (C=O) groups is 1. The van der Waals surface area contributed by atoms with Gasteiger partial charge in [0.05, 0.1) is 4.90 Å². The molecule has 0 radical (unpaired) electrons. The second-order valence-corrected chi connectivity index (χ2v) is 9.68. The van der Waals surface area contributed by atoms with Gasteiger partial charge in [-0.05, 0) is 56.4 Å². The van der Waals surface area contributed by atoms with Gasteiger partial charge in [-0.25, -0.2) is 8.42 Å². The Morgan fingerprint density at radius 1 is 1.00 bits per heavy atom. The van der Waals surface area contributed by atoms with Crippen molar-refractivity contribution in [3.8, 4) is 0 Å². The summed E-state index contributed by atoms with van der Waals surface area (Å²) in [5.74, 6) is -0.238. The molecule has 0 spiro atoms. The van der Waals surface area contributed by atoms with Gasteiger partial charge in [0.25, 0.3) is 5.91 Å². The predicted molar refractivity (Wildman–Crippen MR) is 115 cm³/mol. The second kappa shape index (κ2) is 10.0. The number of carbonyl (C=O) groups excluding carboxylic acids is 1. The average molecular weight is 415 g/mol. The highest BCUT2D eigenvalue weighted by Crippen LogP contribution is 2.21. The molecule has 2 aromatic carbocycles. The van der Waals surface area contributed by atoms with Crippen LogP contribution in [0.15, 0.2) is 59.5 Å². The van der Waals surface area contributed by atoms with Crippen molar-refractivity contribution >= 4 is 15.9 Å². The zero-order valence-corrected chi connectivity index (χ0v) is 17.8. The lowest BCUT2D eigenvalue weighted by molar-refractivity contribution is 0.0938. The first kappa shape index (κ1) is 21.5. The van der Waals surface area contributed by atoms with Gasteiger partial charge in [-0.2, -0.15) is 4.31 Å². The summed E-state index contributed by atoms with van der Waals surface area (Å²) < 4.78 is 27.5. The van der Waals surface area contributed by atoms with Crippen LogP contribution >= 0.6 is 0 Å². The number of amides is 1. The maximum atomic E-state index is 13.0. The second-order valence-electron chi connectivity index (χ2n) is 7.74. The molecule has 1 aliphatic rings. The van der Waals surface area contributed by atoms with E-state index in [0.717, 1.165) is 38.5 Å². The molecule has 1 heterocycles. The van der Waals surface area contributed by atoms with Gasteiger partial charge in [-0.3, -0.25) is 4.79 Å². The largest absolute Gasteiger partial charge is 0.350 e. The molecule has 2 aromatic rings. The molecule has 1 N–H and O–H groups in total. The van der Waals surface area contributed by atoms with Crippen LogP contribution in [0.5, 0.6) is 0 Å². The van der Waals surface area contributed by atoms with Crippen molar-refractivity contribution < 1.29 is 13.2 Å². The summed E-state index contributed by atoms with van der Waals surface area (Å²) in [4.78, 5) is 12.9. The molecule has 6 heteroatoms. The van der Waals surface area contributed by atoms with E-state index < -0.39 is 10.0 Å². The summed E-state index contributed by atoms with van der Waals surface area (Å²) in [6, 6.07) is 16.5. The van der Waals surface area contributed by atoms with E-state index in [0.29, 0.717) is 18.7 Å². The lowest BCUT2D eigenvalue weighted by Gasteiger charge is -2.20. The van der Waals surface area contributed by atoms with E-state index >= 15 is 0 Å². The first-order valence-corrected chi connectivity index (χ1v) is 11.9. The number of benzene rings is 2. The van der Waals surface area contributed by atoms with Crippen LogP contribution in [0, 0.1) is 0 Å². The van der Waals surface area contributed by atoms with Crippen LogP contribution in [0.3, 0.4) is 0 Å². The molecular formula is C23H30N2O3S. The Kier molecular flexibility index (Phi) is 7.45. The molecule has 156 valence electrons. The van der Waals surface area contributed by atoms with E-state index in [4.69, 9.17) is 0 Å². The molecular weight excluding hydrogens is 384 g/mol. The third-order valence-corrected chi connectivity index (χ3v) is 7.28. The normalized spacial score (nSPS) is 16.7. The molecule has 0 saturated carbocycles. The number of aryl methyl sites for hydroxylation is 1. The molecule has 5 nitrogen and oxygen atoms in total. The Balaban J connectivity index is 1.64. The van der Waals surface area contributed by atoms with Gasteiger partial charge < -0.3 is 5.32 Å². The number of sulfonamides is 1. The van der Waals surface area contributed by atoms with Crippen LogP contribution in [0.4, 0.5) is 0 Å². The van der Waals surface area contributed by atoms with E-state index in [1.807, 2.05) is 25.1 Å². The number of nitrogens with zero attached hydrogens (tertiary/aromatic N) is 1. The topological polar surface area (TPSA) is 66.5 Å². The van der Waals surface area contributed by atoms with E-state index in [9.17, 15) is 13.2 Å². The molecule has 1 unspecified atom stereocenters. The zero-order valence-electron chi connectivity index (χ0n) is 17.0. The lowest BCUT2D eigenvalue weighted by Crippen LogP contribution is -2.34. The van der Waals surface area contributed by atoms with Gasteiger partial charge in [0.1, 0.15) is 0 Å². The molecule has 1 atom stereocenters. The Bertz CT molecular complexity index is 905. The van der Waals surface area contributed by atoms with E-state index in [2.05, 4.69) is 17.4 Å². The highest BCUT2D eigenvalue weighted by molar-refractivity contribution is 7.89. The van der Waals surface area contributed by atoms with Crippen LogP contribution in [0.25, 0.3) is 0 Å². The van der Waals surface area contributed by atoms with Crippen molar-refractivity contribution in [2.75, 3.05) is 13.1 Å². The highest BCUT2D eigenvalue weighted by Gasteiger charge is 2.25. The first-order valence-electron chi connectivity index (χ1n) is 10.4. The van der Waals surface area contributed by atoms with Crippen molar-refractivity contribution in [3.63, 3.8) is 0 Å². The maximum Gasteiger partial charge on any atom is 0.251 e. The number of hydrogen-bond donors (Lipinski definition) is 1. The van der Waals surface area contributed by atoms with Gasteiger partial charge in [-0.15, -0.1) is 0 Å². The smallest absolute Gasteiger partial charge is 0.251 e. The van der Waals surface area contributed by atoms with E-state index in [-0.39, 0.29) is 16.8 Å². The summed E-state index contributed by atoms with van der Waals surface area (Å²) in [7, 11) is -3.56. The van der Waals surface area contributed by atoms with Gasteiger partial charge >= 0.3 is 0 Å². The quantitative estimate of drug-likeness (QED) is 0.745. The predicted octanol–water partition coefficient (Wildman–Crippen LogP) is 4.00. The highest BCUT2D eigenvalue weighted by atomic mass is 32.2. The summed E-state index contributed by atoms with van der Waals surface area (Å²) in [5, 5.41) is 2.99. The Morgan fingerprint density at radius 2 is 1.69 bits per heavy atom. The SMILES string of the molecule is CC(CCc1ccccc1)NC(=O)c1cccc(S(=O)(=O)N2CCCCCC2)c1. The third-order valence-electron chi connectivity index (χ3n) is 5.39. The van der Waals surface area contributed by atoms with Crippen LogP contribution in [0.1, 0.15) is 54.9 Å². The summed E-state index contributed by atoms with van der Waals surface area (Å²) in [6.07, 6.45) is 5.61. The Labute approximate surface area is 174 Å². The fourth-order valence-electron chi connectivity index (χ4n) is 3.64. The zero-order chi connectivity index (χ0) is 20.7. The summed E-state index contributed by atoms with van der Waals surface area (Å²) in [6.45, 7) is 3.07. The molecule has 0 bridgehead atoms. The average Bonchev–Trinajstić information content (AvgIpc) is 3.03. The van der Waals surface area contributed by atoms with Gasteiger partial charge in [0, 0.05) is 24.7 Å². The molecule has 29 heavy (non-hydrogen) atoms. The van der Waals surface area contributed by atoms with Crippen molar-refractivity contribution in [2.24, 2.45) is 0 Å². The van der Waals surface area contributed by atoms with Gasteiger partial charge in [-0.1, -0.05) is 49.2 Å². The summed E-state index contributed by atoms with van der Waals surface area (Å²) >= 11 is 0. The fraction of sp³-hybridized carbons (Fsp3) is 0.435. The first-order chi connectivity index (χ1) is 14.0. The monoisotopic (exact) mass is 414 g/mol. The molecule has 1 saturated heterocycles. The Hall–Kier alpha value is -2.18. The minimum absolute atomic E-state index is 0.00595. The molecule has 1 aliphatic heterocycles. The minimum atomic E-state index is -3.56. The fourth-order valence-corrected chi connectivity index (χ4v) is 5.20. The lowest BCUT2D eigenvalue weighted by atomic mass is 10.1. The number of hydrogen-bond acceptors (Lipinski definition) is 3. The number of rotatable bonds is 7. The molecule has 1 fully saturated rings. The van der Waals surface area contributed by atoms with Crippen LogP contribution in [0.2, 0.25) is 0 Å².